The first-order chi connectivity index (χ1) is 20.3. The highest BCUT2D eigenvalue weighted by Gasteiger charge is 2.48. The lowest BCUT2D eigenvalue weighted by molar-refractivity contribution is -0.308. The molecular formula is C28H32O15. The van der Waals surface area contributed by atoms with Gasteiger partial charge in [-0.3, -0.25) is 4.79 Å². The van der Waals surface area contributed by atoms with E-state index in [1.807, 2.05) is 0 Å². The third-order valence-corrected chi connectivity index (χ3v) is 7.69. The minimum Gasteiger partial charge on any atom is -0.507 e. The Morgan fingerprint density at radius 1 is 0.791 bits per heavy atom. The van der Waals surface area contributed by atoms with E-state index >= 15 is 0 Å². The normalized spacial score (nSPS) is 33.0. The maximum absolute atomic E-state index is 13.2. The van der Waals surface area contributed by atoms with Gasteiger partial charge in [0.25, 0.3) is 0 Å². The standard InChI is InChI=1S/C28H32O15/c1-9-20(33)22(35)25(38)28(41-9)40-8-17-21(34)23(36)24(37)27(43-17)19-16(39-2)7-14(32)18-13(31)6-15(42-26(18)19)10-3-4-11(29)12(30)5-10/h3-7,9,17,20-25,27-30,32-38H,8H2,1-2H3/t9-,17+,20-,21+,22+,23-,24+,25+,27-,28+/m0/s1. The van der Waals surface area contributed by atoms with Crippen LogP contribution in [0.15, 0.2) is 39.5 Å². The van der Waals surface area contributed by atoms with E-state index in [2.05, 4.69) is 0 Å². The van der Waals surface area contributed by atoms with Crippen LogP contribution in [0.1, 0.15) is 18.6 Å². The van der Waals surface area contributed by atoms with E-state index in [0.717, 1.165) is 18.2 Å². The van der Waals surface area contributed by atoms with Crippen LogP contribution in [0.4, 0.5) is 0 Å². The Hall–Kier alpha value is -3.51. The highest BCUT2D eigenvalue weighted by molar-refractivity contribution is 5.89. The van der Waals surface area contributed by atoms with Gasteiger partial charge in [0.1, 0.15) is 71.5 Å². The van der Waals surface area contributed by atoms with Crippen molar-refractivity contribution in [3.05, 3.63) is 46.1 Å². The summed E-state index contributed by atoms with van der Waals surface area (Å²) in [5.74, 6) is -1.68. The highest BCUT2D eigenvalue weighted by Crippen LogP contribution is 2.44. The first-order valence-corrected chi connectivity index (χ1v) is 13.2. The number of rotatable bonds is 6. The van der Waals surface area contributed by atoms with E-state index in [0.29, 0.717) is 0 Å². The lowest BCUT2D eigenvalue weighted by Crippen LogP contribution is -2.59. The number of fused-ring (bicyclic) bond motifs is 1. The number of aliphatic hydroxyl groups excluding tert-OH is 6. The van der Waals surface area contributed by atoms with Crippen LogP contribution in [0.2, 0.25) is 0 Å². The molecule has 43 heavy (non-hydrogen) atoms. The molecule has 0 bridgehead atoms. The summed E-state index contributed by atoms with van der Waals surface area (Å²) < 4.78 is 28.2. The maximum atomic E-state index is 13.2. The molecule has 15 heteroatoms. The number of aromatic hydroxyl groups is 3. The third kappa shape index (κ3) is 5.50. The molecule has 3 aromatic rings. The Morgan fingerprint density at radius 2 is 1.49 bits per heavy atom. The van der Waals surface area contributed by atoms with Crippen molar-refractivity contribution in [3.63, 3.8) is 0 Å². The number of aliphatic hydroxyl groups is 6. The van der Waals surface area contributed by atoms with Gasteiger partial charge in [-0.25, -0.2) is 0 Å². The van der Waals surface area contributed by atoms with E-state index in [1.165, 1.54) is 26.2 Å². The Labute approximate surface area is 242 Å². The summed E-state index contributed by atoms with van der Waals surface area (Å²) in [4.78, 5) is 13.2. The quantitative estimate of drug-likeness (QED) is 0.152. The molecule has 3 heterocycles. The molecule has 9 N–H and O–H groups in total. The van der Waals surface area contributed by atoms with Gasteiger partial charge >= 0.3 is 0 Å². The minimum absolute atomic E-state index is 0.106. The van der Waals surface area contributed by atoms with Gasteiger partial charge in [0.2, 0.25) is 0 Å². The van der Waals surface area contributed by atoms with Gasteiger partial charge < -0.3 is 69.3 Å². The monoisotopic (exact) mass is 608 g/mol. The lowest BCUT2D eigenvalue weighted by atomic mass is 9.89. The number of methoxy groups -OCH3 is 1. The molecule has 0 spiro atoms. The van der Waals surface area contributed by atoms with Crippen LogP contribution >= 0.6 is 0 Å². The van der Waals surface area contributed by atoms with Crippen LogP contribution < -0.4 is 10.2 Å². The fourth-order valence-electron chi connectivity index (χ4n) is 5.24. The van der Waals surface area contributed by atoms with Crippen LogP contribution in [0.5, 0.6) is 23.0 Å². The van der Waals surface area contributed by atoms with Crippen LogP contribution in [-0.4, -0.2) is 115 Å². The number of ether oxygens (including phenoxy) is 4. The van der Waals surface area contributed by atoms with Gasteiger partial charge in [0.15, 0.2) is 28.8 Å². The molecule has 2 aliphatic rings. The van der Waals surface area contributed by atoms with Crippen molar-refractivity contribution in [1.82, 2.24) is 0 Å². The number of phenolic OH excluding ortho intramolecular Hbond substituents is 3. The second-order valence-electron chi connectivity index (χ2n) is 10.5. The Bertz CT molecular complexity index is 1540. The van der Waals surface area contributed by atoms with Gasteiger partial charge in [0.05, 0.1) is 25.4 Å². The van der Waals surface area contributed by atoms with Crippen molar-refractivity contribution < 1.29 is 69.3 Å². The molecule has 2 aromatic carbocycles. The Kier molecular flexibility index (Phi) is 8.54. The molecule has 15 nitrogen and oxygen atoms in total. The minimum atomic E-state index is -1.84. The summed E-state index contributed by atoms with van der Waals surface area (Å²) in [5.41, 5.74) is -0.991. The summed E-state index contributed by atoms with van der Waals surface area (Å²) in [6.45, 7) is 0.904. The fraction of sp³-hybridized carbons (Fsp3) is 0.464. The highest BCUT2D eigenvalue weighted by atomic mass is 16.7. The molecule has 2 fully saturated rings. The molecule has 0 amide bonds. The molecule has 0 saturated carbocycles. The van der Waals surface area contributed by atoms with Crippen molar-refractivity contribution >= 4 is 11.0 Å². The van der Waals surface area contributed by atoms with Crippen molar-refractivity contribution in [2.24, 2.45) is 0 Å². The van der Waals surface area contributed by atoms with Crippen molar-refractivity contribution in [1.29, 1.82) is 0 Å². The van der Waals surface area contributed by atoms with Crippen LogP contribution in [0, 0.1) is 0 Å². The second-order valence-corrected chi connectivity index (χ2v) is 10.5. The molecule has 1 aromatic heterocycles. The zero-order valence-corrected chi connectivity index (χ0v) is 22.8. The van der Waals surface area contributed by atoms with Gasteiger partial charge in [-0.1, -0.05) is 0 Å². The second kappa shape index (κ2) is 11.9. The molecule has 0 radical (unpaired) electrons. The zero-order chi connectivity index (χ0) is 31.3. The van der Waals surface area contributed by atoms with E-state index in [9.17, 15) is 50.8 Å². The summed E-state index contributed by atoms with van der Waals surface area (Å²) in [7, 11) is 1.23. The zero-order valence-electron chi connectivity index (χ0n) is 22.8. The van der Waals surface area contributed by atoms with E-state index in [1.54, 1.807) is 0 Å². The van der Waals surface area contributed by atoms with Gasteiger partial charge in [-0.15, -0.1) is 0 Å². The van der Waals surface area contributed by atoms with Gasteiger partial charge in [0, 0.05) is 17.7 Å². The average molecular weight is 609 g/mol. The van der Waals surface area contributed by atoms with Crippen LogP contribution in [0.3, 0.4) is 0 Å². The summed E-state index contributed by atoms with van der Waals surface area (Å²) in [6.07, 6.45) is -15.3. The molecule has 10 atom stereocenters. The van der Waals surface area contributed by atoms with Gasteiger partial charge in [-0.05, 0) is 25.1 Å². The van der Waals surface area contributed by atoms with Crippen molar-refractivity contribution in [3.8, 4) is 34.3 Å². The van der Waals surface area contributed by atoms with E-state index in [4.69, 9.17) is 23.4 Å². The predicted octanol–water partition coefficient (Wildman–Crippen LogP) is -1.05. The van der Waals surface area contributed by atoms with E-state index < -0.39 is 90.5 Å². The Morgan fingerprint density at radius 3 is 2.16 bits per heavy atom. The number of hydrogen-bond acceptors (Lipinski definition) is 15. The average Bonchev–Trinajstić information content (AvgIpc) is 2.98. The van der Waals surface area contributed by atoms with Crippen LogP contribution in [-0.2, 0) is 14.2 Å². The van der Waals surface area contributed by atoms with Gasteiger partial charge in [-0.2, -0.15) is 0 Å². The molecule has 5 rings (SSSR count). The molecule has 0 aliphatic carbocycles. The molecule has 234 valence electrons. The Balaban J connectivity index is 1.55. The smallest absolute Gasteiger partial charge is 0.197 e. The first-order valence-electron chi connectivity index (χ1n) is 13.2. The summed E-state index contributed by atoms with van der Waals surface area (Å²) in [5, 5.41) is 92.7. The molecule has 0 unspecified atom stereocenters. The molecule has 2 saturated heterocycles. The van der Waals surface area contributed by atoms with Crippen LogP contribution in [0.25, 0.3) is 22.3 Å². The molecular weight excluding hydrogens is 576 g/mol. The fourth-order valence-corrected chi connectivity index (χ4v) is 5.24. The lowest BCUT2D eigenvalue weighted by Gasteiger charge is -2.43. The summed E-state index contributed by atoms with van der Waals surface area (Å²) in [6, 6.07) is 5.79. The first kappa shape index (κ1) is 30.9. The summed E-state index contributed by atoms with van der Waals surface area (Å²) >= 11 is 0. The predicted molar refractivity (Wildman–Crippen MR) is 143 cm³/mol. The number of benzene rings is 2. The topological polar surface area (TPSA) is 249 Å². The number of phenols is 3. The van der Waals surface area contributed by atoms with E-state index in [-0.39, 0.29) is 33.6 Å². The van der Waals surface area contributed by atoms with Crippen molar-refractivity contribution in [2.45, 2.75) is 68.1 Å². The number of hydrogen-bond donors (Lipinski definition) is 9. The third-order valence-electron chi connectivity index (χ3n) is 7.69. The largest absolute Gasteiger partial charge is 0.507 e. The maximum Gasteiger partial charge on any atom is 0.197 e. The molecule has 2 aliphatic heterocycles. The SMILES string of the molecule is COc1cc(O)c2c(=O)cc(-c3ccc(O)c(O)c3)oc2c1[C@@H]1O[C@H](CO[C@@H]2O[C@@H](C)[C@H](O)[C@@H](O)[C@H]2O)[C@@H](O)[C@H](O)[C@H]1O. The van der Waals surface area contributed by atoms with Crippen molar-refractivity contribution in [2.75, 3.05) is 13.7 Å².